The molecule has 0 aromatic carbocycles. The van der Waals surface area contributed by atoms with Gasteiger partial charge in [0.2, 0.25) is 0 Å². The largest absolute Gasteiger partial charge is 0.0925 e. The second-order valence-corrected chi connectivity index (χ2v) is 3.22. The van der Waals surface area contributed by atoms with E-state index in [4.69, 9.17) is 0 Å². The standard InChI is InChI=1S/C8H17Br/c1-3-5-6-8(4-2)7-9/h8H,3-7H2,1-2H3/t8-/m0/s1. The molecule has 0 aromatic heterocycles. The van der Waals surface area contributed by atoms with Crippen molar-refractivity contribution in [3.8, 4) is 0 Å². The Morgan fingerprint density at radius 1 is 1.33 bits per heavy atom. The lowest BCUT2D eigenvalue weighted by Crippen LogP contribution is -1.98. The molecule has 0 rings (SSSR count). The zero-order valence-corrected chi connectivity index (χ0v) is 8.08. The lowest BCUT2D eigenvalue weighted by atomic mass is 10.0. The number of rotatable bonds is 5. The molecule has 0 aliphatic rings. The molecular formula is C8H17Br. The van der Waals surface area contributed by atoms with Crippen molar-refractivity contribution in [2.45, 2.75) is 39.5 Å². The Hall–Kier alpha value is 0.480. The van der Waals surface area contributed by atoms with E-state index < -0.39 is 0 Å². The maximum atomic E-state index is 3.51. The highest BCUT2D eigenvalue weighted by atomic mass is 79.9. The summed E-state index contributed by atoms with van der Waals surface area (Å²) in [6, 6.07) is 0. The van der Waals surface area contributed by atoms with E-state index >= 15 is 0 Å². The molecule has 0 amide bonds. The lowest BCUT2D eigenvalue weighted by Gasteiger charge is -2.08. The van der Waals surface area contributed by atoms with Gasteiger partial charge in [0.1, 0.15) is 0 Å². The van der Waals surface area contributed by atoms with Gasteiger partial charge in [-0.25, -0.2) is 0 Å². The zero-order valence-electron chi connectivity index (χ0n) is 6.49. The first-order valence-electron chi connectivity index (χ1n) is 3.91. The third-order valence-electron chi connectivity index (χ3n) is 1.76. The third kappa shape index (κ3) is 4.95. The molecule has 0 saturated carbocycles. The predicted molar refractivity (Wildman–Crippen MR) is 47.1 cm³/mol. The van der Waals surface area contributed by atoms with Crippen LogP contribution in [0.3, 0.4) is 0 Å². The summed E-state index contributed by atoms with van der Waals surface area (Å²) in [6.07, 6.45) is 5.46. The minimum absolute atomic E-state index is 0.921. The number of unbranched alkanes of at least 4 members (excludes halogenated alkanes) is 1. The fraction of sp³-hybridized carbons (Fsp3) is 1.00. The minimum Gasteiger partial charge on any atom is -0.0925 e. The molecule has 0 heterocycles. The molecule has 0 saturated heterocycles. The lowest BCUT2D eigenvalue weighted by molar-refractivity contribution is 0.502. The van der Waals surface area contributed by atoms with E-state index in [-0.39, 0.29) is 0 Å². The summed E-state index contributed by atoms with van der Waals surface area (Å²) < 4.78 is 0. The van der Waals surface area contributed by atoms with Gasteiger partial charge in [0, 0.05) is 5.33 Å². The van der Waals surface area contributed by atoms with Crippen LogP contribution in [0.15, 0.2) is 0 Å². The predicted octanol–water partition coefficient (Wildman–Crippen LogP) is 3.60. The van der Waals surface area contributed by atoms with E-state index in [9.17, 15) is 0 Å². The van der Waals surface area contributed by atoms with Gasteiger partial charge in [0.15, 0.2) is 0 Å². The molecule has 0 bridgehead atoms. The maximum Gasteiger partial charge on any atom is 0.00595 e. The average molecular weight is 193 g/mol. The van der Waals surface area contributed by atoms with Crippen LogP contribution >= 0.6 is 15.9 Å². The van der Waals surface area contributed by atoms with Crippen LogP contribution < -0.4 is 0 Å². The highest BCUT2D eigenvalue weighted by Gasteiger charge is 2.01. The first-order valence-corrected chi connectivity index (χ1v) is 5.03. The van der Waals surface area contributed by atoms with Crippen LogP contribution in [0, 0.1) is 5.92 Å². The Kier molecular flexibility index (Phi) is 6.95. The van der Waals surface area contributed by atoms with Crippen molar-refractivity contribution in [2.24, 2.45) is 5.92 Å². The van der Waals surface area contributed by atoms with Gasteiger partial charge in [-0.1, -0.05) is 49.0 Å². The molecule has 0 fully saturated rings. The quantitative estimate of drug-likeness (QED) is 0.585. The van der Waals surface area contributed by atoms with E-state index in [2.05, 4.69) is 29.8 Å². The topological polar surface area (TPSA) is 0 Å². The Bertz CT molecular complexity index is 48.5. The summed E-state index contributed by atoms with van der Waals surface area (Å²) in [5.74, 6) is 0.921. The Morgan fingerprint density at radius 3 is 2.33 bits per heavy atom. The van der Waals surface area contributed by atoms with Gasteiger partial charge < -0.3 is 0 Å². The first-order chi connectivity index (χ1) is 4.35. The van der Waals surface area contributed by atoms with E-state index in [1.54, 1.807) is 0 Å². The van der Waals surface area contributed by atoms with Crippen molar-refractivity contribution in [2.75, 3.05) is 5.33 Å². The number of hydrogen-bond acceptors (Lipinski definition) is 0. The van der Waals surface area contributed by atoms with Crippen LogP contribution in [-0.4, -0.2) is 5.33 Å². The van der Waals surface area contributed by atoms with Gasteiger partial charge >= 0.3 is 0 Å². The molecule has 1 atom stereocenters. The summed E-state index contributed by atoms with van der Waals surface area (Å²) in [4.78, 5) is 0. The molecule has 0 radical (unpaired) electrons. The van der Waals surface area contributed by atoms with Crippen molar-refractivity contribution in [1.82, 2.24) is 0 Å². The maximum absolute atomic E-state index is 3.51. The molecule has 56 valence electrons. The molecular weight excluding hydrogens is 176 g/mol. The highest BCUT2D eigenvalue weighted by molar-refractivity contribution is 9.09. The molecule has 0 N–H and O–H groups in total. The Morgan fingerprint density at radius 2 is 2.00 bits per heavy atom. The summed E-state index contributed by atoms with van der Waals surface area (Å²) in [5, 5.41) is 1.18. The Balaban J connectivity index is 3.09. The van der Waals surface area contributed by atoms with E-state index in [1.807, 2.05) is 0 Å². The van der Waals surface area contributed by atoms with Gasteiger partial charge in [-0.3, -0.25) is 0 Å². The van der Waals surface area contributed by atoms with E-state index in [0.717, 1.165) is 5.92 Å². The summed E-state index contributed by atoms with van der Waals surface area (Å²) in [7, 11) is 0. The molecule has 0 aromatic rings. The molecule has 0 nitrogen and oxygen atoms in total. The van der Waals surface area contributed by atoms with Crippen LogP contribution in [0.5, 0.6) is 0 Å². The molecule has 0 aliphatic heterocycles. The second kappa shape index (κ2) is 6.60. The molecule has 1 heteroatoms. The van der Waals surface area contributed by atoms with Crippen LogP contribution in [0.4, 0.5) is 0 Å². The second-order valence-electron chi connectivity index (χ2n) is 2.57. The monoisotopic (exact) mass is 192 g/mol. The van der Waals surface area contributed by atoms with Crippen molar-refractivity contribution in [3.05, 3.63) is 0 Å². The van der Waals surface area contributed by atoms with Gasteiger partial charge in [-0.05, 0) is 12.3 Å². The average Bonchev–Trinajstić information content (AvgIpc) is 1.91. The fourth-order valence-corrected chi connectivity index (χ4v) is 1.66. The molecule has 9 heavy (non-hydrogen) atoms. The minimum atomic E-state index is 0.921. The molecule has 0 aliphatic carbocycles. The van der Waals surface area contributed by atoms with E-state index in [0.29, 0.717) is 0 Å². The van der Waals surface area contributed by atoms with Gasteiger partial charge in [-0.2, -0.15) is 0 Å². The van der Waals surface area contributed by atoms with Crippen LogP contribution in [0.1, 0.15) is 39.5 Å². The van der Waals surface area contributed by atoms with Gasteiger partial charge in [-0.15, -0.1) is 0 Å². The molecule has 0 unspecified atom stereocenters. The smallest absolute Gasteiger partial charge is 0.00595 e. The number of hydrogen-bond donors (Lipinski definition) is 0. The normalized spacial score (nSPS) is 13.7. The van der Waals surface area contributed by atoms with Crippen molar-refractivity contribution < 1.29 is 0 Å². The van der Waals surface area contributed by atoms with Gasteiger partial charge in [0.25, 0.3) is 0 Å². The van der Waals surface area contributed by atoms with Crippen LogP contribution in [-0.2, 0) is 0 Å². The van der Waals surface area contributed by atoms with Crippen molar-refractivity contribution >= 4 is 15.9 Å². The number of halogens is 1. The van der Waals surface area contributed by atoms with Gasteiger partial charge in [0.05, 0.1) is 0 Å². The van der Waals surface area contributed by atoms with Crippen LogP contribution in [0.2, 0.25) is 0 Å². The van der Waals surface area contributed by atoms with Crippen molar-refractivity contribution in [1.29, 1.82) is 0 Å². The first kappa shape index (κ1) is 9.48. The highest BCUT2D eigenvalue weighted by Crippen LogP contribution is 2.14. The zero-order chi connectivity index (χ0) is 7.11. The summed E-state index contributed by atoms with van der Waals surface area (Å²) in [6.45, 7) is 4.52. The molecule has 0 spiro atoms. The fourth-order valence-electron chi connectivity index (χ4n) is 0.883. The van der Waals surface area contributed by atoms with Crippen molar-refractivity contribution in [3.63, 3.8) is 0 Å². The third-order valence-corrected chi connectivity index (χ3v) is 2.68. The van der Waals surface area contributed by atoms with E-state index in [1.165, 1.54) is 31.0 Å². The Labute approximate surface area is 67.2 Å². The summed E-state index contributed by atoms with van der Waals surface area (Å²) >= 11 is 3.51. The summed E-state index contributed by atoms with van der Waals surface area (Å²) in [5.41, 5.74) is 0. The number of alkyl halides is 1. The van der Waals surface area contributed by atoms with Crippen LogP contribution in [0.25, 0.3) is 0 Å². The SMILES string of the molecule is CCCC[C@H](CC)CBr.